The van der Waals surface area contributed by atoms with Gasteiger partial charge >= 0.3 is 6.01 Å². The predicted molar refractivity (Wildman–Crippen MR) is 135 cm³/mol. The van der Waals surface area contributed by atoms with Crippen LogP contribution in [0.3, 0.4) is 0 Å². The van der Waals surface area contributed by atoms with Crippen LogP contribution in [0, 0.1) is 5.82 Å². The van der Waals surface area contributed by atoms with Crippen LogP contribution < -0.4 is 10.5 Å². The Kier molecular flexibility index (Phi) is 5.77. The van der Waals surface area contributed by atoms with E-state index in [4.69, 9.17) is 10.5 Å². The molecule has 5 heterocycles. The molecule has 2 saturated heterocycles. The number of likely N-dealkylation sites (tertiary alicyclic amines) is 2. The Morgan fingerprint density at radius 3 is 2.47 bits per heavy atom. The van der Waals surface area contributed by atoms with Gasteiger partial charge in [0, 0.05) is 43.5 Å². The molecule has 10 heteroatoms. The zero-order valence-electron chi connectivity index (χ0n) is 20.4. The highest BCUT2D eigenvalue weighted by Gasteiger charge is 2.41. The van der Waals surface area contributed by atoms with Crippen molar-refractivity contribution in [2.75, 3.05) is 32.5 Å². The minimum Gasteiger partial charge on any atom is -0.464 e. The third-order valence-electron chi connectivity index (χ3n) is 7.21. The number of hydrogen-bond donors (Lipinski definition) is 1. The van der Waals surface area contributed by atoms with Gasteiger partial charge in [-0.3, -0.25) is 9.88 Å². The first kappa shape index (κ1) is 22.8. The minimum atomic E-state index is -0.439. The Balaban J connectivity index is 1.32. The number of fused-ring (bicyclic) bond motifs is 3. The normalized spacial score (nSPS) is 20.0. The molecule has 3 aromatic heterocycles. The number of imidazole rings is 1. The number of pyridine rings is 1. The molecule has 0 amide bonds. The summed E-state index contributed by atoms with van der Waals surface area (Å²) >= 11 is 0. The summed E-state index contributed by atoms with van der Waals surface area (Å²) in [7, 11) is 2.22. The number of hydrogen-bond acceptors (Lipinski definition) is 8. The van der Waals surface area contributed by atoms with E-state index in [1.54, 1.807) is 6.20 Å². The smallest absolute Gasteiger partial charge is 0.320 e. The van der Waals surface area contributed by atoms with Crippen molar-refractivity contribution in [1.82, 2.24) is 34.3 Å². The summed E-state index contributed by atoms with van der Waals surface area (Å²) in [6.45, 7) is 6.00. The first-order valence-corrected chi connectivity index (χ1v) is 12.3. The quantitative estimate of drug-likeness (QED) is 0.424. The molecule has 1 aromatic carbocycles. The highest BCUT2D eigenvalue weighted by molar-refractivity contribution is 5.85. The fraction of sp³-hybridized carbons (Fsp3) is 0.385. The van der Waals surface area contributed by atoms with Gasteiger partial charge in [-0.15, -0.1) is 0 Å². The number of nitrogens with zero attached hydrogens (tertiary/aromatic N) is 7. The van der Waals surface area contributed by atoms with Gasteiger partial charge in [0.2, 0.25) is 0 Å². The van der Waals surface area contributed by atoms with Gasteiger partial charge in [-0.1, -0.05) is 24.3 Å². The largest absolute Gasteiger partial charge is 0.464 e. The summed E-state index contributed by atoms with van der Waals surface area (Å²) in [6, 6.07) is 11.6. The average molecular weight is 489 g/mol. The molecule has 2 bridgehead atoms. The molecule has 0 unspecified atom stereocenters. The maximum atomic E-state index is 14.0. The number of likely N-dealkylation sites (N-methyl/N-ethyl adjacent to an activating group) is 1. The van der Waals surface area contributed by atoms with E-state index in [9.17, 15) is 4.39 Å². The lowest BCUT2D eigenvalue weighted by Crippen LogP contribution is -2.43. The van der Waals surface area contributed by atoms with Gasteiger partial charge in [0.15, 0.2) is 17.0 Å². The van der Waals surface area contributed by atoms with Gasteiger partial charge in [-0.2, -0.15) is 9.97 Å². The van der Waals surface area contributed by atoms with E-state index in [-0.39, 0.29) is 11.8 Å². The first-order valence-electron chi connectivity index (χ1n) is 12.3. The summed E-state index contributed by atoms with van der Waals surface area (Å²) in [5, 5.41) is 0. The molecule has 4 aromatic rings. The van der Waals surface area contributed by atoms with Crippen molar-refractivity contribution in [2.45, 2.75) is 38.5 Å². The van der Waals surface area contributed by atoms with Crippen LogP contribution in [0.15, 0.2) is 42.7 Å². The lowest BCUT2D eigenvalue weighted by Gasteiger charge is -2.31. The topological polar surface area (TPSA) is 98.2 Å². The van der Waals surface area contributed by atoms with Crippen LogP contribution in [-0.2, 0) is 13.1 Å². The van der Waals surface area contributed by atoms with Crippen LogP contribution in [0.1, 0.15) is 24.5 Å². The third-order valence-corrected chi connectivity index (χ3v) is 7.21. The number of halogens is 1. The monoisotopic (exact) mass is 488 g/mol. The zero-order valence-corrected chi connectivity index (χ0v) is 20.4. The van der Waals surface area contributed by atoms with Gasteiger partial charge in [0.05, 0.1) is 19.3 Å². The summed E-state index contributed by atoms with van der Waals surface area (Å²) in [5.41, 5.74) is 10.1. The molecule has 2 aliphatic heterocycles. The Morgan fingerprint density at radius 1 is 1.03 bits per heavy atom. The molecule has 0 aliphatic carbocycles. The van der Waals surface area contributed by atoms with Gasteiger partial charge in [-0.25, -0.2) is 9.37 Å². The van der Waals surface area contributed by atoms with Crippen molar-refractivity contribution in [3.63, 3.8) is 0 Å². The Labute approximate surface area is 208 Å². The molecular weight excluding hydrogens is 459 g/mol. The molecule has 0 radical (unpaired) electrons. The van der Waals surface area contributed by atoms with E-state index in [2.05, 4.69) is 61.0 Å². The van der Waals surface area contributed by atoms with E-state index in [0.29, 0.717) is 47.8 Å². The summed E-state index contributed by atoms with van der Waals surface area (Å²) in [5.74, 6) is 0.299. The van der Waals surface area contributed by atoms with Crippen LogP contribution in [-0.4, -0.2) is 73.1 Å². The van der Waals surface area contributed by atoms with Gasteiger partial charge < -0.3 is 19.9 Å². The van der Waals surface area contributed by atoms with Crippen molar-refractivity contribution in [3.8, 4) is 17.4 Å². The maximum Gasteiger partial charge on any atom is 0.320 e. The van der Waals surface area contributed by atoms with Crippen LogP contribution in [0.2, 0.25) is 0 Å². The van der Waals surface area contributed by atoms with E-state index in [1.807, 2.05) is 11.5 Å². The number of nitrogens with two attached hydrogens (primary N) is 1. The van der Waals surface area contributed by atoms with Crippen molar-refractivity contribution in [2.24, 2.45) is 0 Å². The van der Waals surface area contributed by atoms with Crippen molar-refractivity contribution in [3.05, 3.63) is 59.7 Å². The number of anilines is 1. The van der Waals surface area contributed by atoms with Crippen LogP contribution in [0.5, 0.6) is 6.01 Å². The molecule has 0 spiro atoms. The Hall–Kier alpha value is -3.63. The lowest BCUT2D eigenvalue weighted by molar-refractivity contribution is 0.143. The molecule has 6 rings (SSSR count). The highest BCUT2D eigenvalue weighted by Crippen LogP contribution is 2.31. The molecular formula is C26H29FN8O. The van der Waals surface area contributed by atoms with E-state index in [1.165, 1.54) is 24.2 Å². The van der Waals surface area contributed by atoms with E-state index >= 15 is 0 Å². The Morgan fingerprint density at radius 2 is 1.81 bits per heavy atom. The fourth-order valence-corrected chi connectivity index (χ4v) is 5.41. The molecule has 186 valence electrons. The zero-order chi connectivity index (χ0) is 24.8. The minimum absolute atomic E-state index is 0.188. The van der Waals surface area contributed by atoms with Gasteiger partial charge in [0.1, 0.15) is 11.6 Å². The number of nitrogen functional groups attached to an aromatic ring is 1. The summed E-state index contributed by atoms with van der Waals surface area (Å²) in [6.07, 6.45) is 4.02. The van der Waals surface area contributed by atoms with Crippen LogP contribution >= 0.6 is 0 Å². The average Bonchev–Trinajstić information content (AvgIpc) is 3.53. The van der Waals surface area contributed by atoms with Crippen molar-refractivity contribution >= 4 is 17.0 Å². The fourth-order valence-electron chi connectivity index (χ4n) is 5.41. The Bertz CT molecular complexity index is 1400. The predicted octanol–water partition coefficient (Wildman–Crippen LogP) is 2.94. The standard InChI is InChI=1S/C26H29FN8O/c1-3-36-26-31-23(28)22-25(32-26)35(24(30-22)18-8-19(27)11-29-10-18)13-17-6-4-16(5-7-17)12-34-15-20-9-21(34)14-33(20)2/h4-8,10-11,20-21H,3,9,12-15H2,1-2H3,(H2,28,31,32)/t20-,21-/m1/s1. The van der Waals surface area contributed by atoms with Gasteiger partial charge in [-0.05, 0) is 37.6 Å². The van der Waals surface area contributed by atoms with Crippen molar-refractivity contribution < 1.29 is 9.13 Å². The lowest BCUT2D eigenvalue weighted by atomic mass is 10.1. The summed E-state index contributed by atoms with van der Waals surface area (Å²) in [4.78, 5) is 22.5. The number of ether oxygens (including phenoxy) is 1. The molecule has 2 aliphatic rings. The maximum absolute atomic E-state index is 14.0. The molecule has 2 fully saturated rings. The molecule has 36 heavy (non-hydrogen) atoms. The SMILES string of the molecule is CCOc1nc(N)c2nc(-c3cncc(F)c3)n(Cc3ccc(CN4C[C@H]5C[C@@H]4CN5C)cc3)c2n1. The number of rotatable bonds is 7. The van der Waals surface area contributed by atoms with E-state index < -0.39 is 5.82 Å². The highest BCUT2D eigenvalue weighted by atomic mass is 19.1. The number of aromatic nitrogens is 5. The van der Waals surface area contributed by atoms with Gasteiger partial charge in [0.25, 0.3) is 0 Å². The number of benzene rings is 1. The third kappa shape index (κ3) is 4.16. The number of piperazine rings is 1. The second-order valence-corrected chi connectivity index (χ2v) is 9.64. The molecule has 2 N–H and O–H groups in total. The molecule has 9 nitrogen and oxygen atoms in total. The summed E-state index contributed by atoms with van der Waals surface area (Å²) < 4.78 is 21.5. The second kappa shape index (κ2) is 9.11. The van der Waals surface area contributed by atoms with Crippen LogP contribution in [0.4, 0.5) is 10.2 Å². The molecule has 2 atom stereocenters. The molecule has 0 saturated carbocycles. The van der Waals surface area contributed by atoms with Crippen LogP contribution in [0.25, 0.3) is 22.6 Å². The second-order valence-electron chi connectivity index (χ2n) is 9.64. The first-order chi connectivity index (χ1) is 17.5. The van der Waals surface area contributed by atoms with E-state index in [0.717, 1.165) is 25.2 Å². The van der Waals surface area contributed by atoms with Crippen molar-refractivity contribution in [1.29, 1.82) is 0 Å².